The summed E-state index contributed by atoms with van der Waals surface area (Å²) in [4.78, 5) is 11.7. The van der Waals surface area contributed by atoms with E-state index in [1.54, 1.807) is 4.72 Å². The molecule has 0 radical (unpaired) electrons. The fraction of sp³-hybridized carbons (Fsp3) is 0.500. The van der Waals surface area contributed by atoms with E-state index in [0.717, 1.165) is 6.07 Å². The first-order valence-corrected chi connectivity index (χ1v) is 9.32. The monoisotopic (exact) mass is 403 g/mol. The van der Waals surface area contributed by atoms with Crippen LogP contribution in [0.4, 0.5) is 17.6 Å². The van der Waals surface area contributed by atoms with Gasteiger partial charge in [-0.3, -0.25) is 4.79 Å². The molecule has 1 saturated carbocycles. The summed E-state index contributed by atoms with van der Waals surface area (Å²) in [5.74, 6) is -2.78. The molecule has 1 amide bonds. The third-order valence-corrected chi connectivity index (χ3v) is 4.81. The van der Waals surface area contributed by atoms with Gasteiger partial charge in [-0.2, -0.15) is 13.2 Å². The molecule has 0 saturated heterocycles. The maximum Gasteiger partial charge on any atom is 0.397 e. The van der Waals surface area contributed by atoms with Crippen LogP contribution >= 0.6 is 11.6 Å². The summed E-state index contributed by atoms with van der Waals surface area (Å²) in [5, 5.41) is -0.309. The van der Waals surface area contributed by atoms with Crippen LogP contribution in [0.5, 0.6) is 5.75 Å². The smallest absolute Gasteiger partial charge is 0.397 e. The number of carbonyl (C=O) groups is 1. The van der Waals surface area contributed by atoms with Gasteiger partial charge in [0.15, 0.2) is 0 Å². The van der Waals surface area contributed by atoms with Gasteiger partial charge in [-0.25, -0.2) is 17.5 Å². The van der Waals surface area contributed by atoms with Gasteiger partial charge in [-0.1, -0.05) is 18.0 Å². The lowest BCUT2D eigenvalue weighted by molar-refractivity contribution is -0.259. The molecule has 1 aromatic rings. The van der Waals surface area contributed by atoms with Gasteiger partial charge in [-0.05, 0) is 18.9 Å². The van der Waals surface area contributed by atoms with Crippen molar-refractivity contribution in [2.45, 2.75) is 25.4 Å². The molecule has 0 spiro atoms. The van der Waals surface area contributed by atoms with E-state index in [0.29, 0.717) is 18.7 Å². The summed E-state index contributed by atoms with van der Waals surface area (Å²) < 4.78 is 81.8. The second kappa shape index (κ2) is 6.64. The Morgan fingerprint density at radius 1 is 1.36 bits per heavy atom. The van der Waals surface area contributed by atoms with Crippen molar-refractivity contribution in [3.63, 3.8) is 0 Å². The molecule has 0 aromatic heterocycles. The van der Waals surface area contributed by atoms with Crippen LogP contribution in [0, 0.1) is 11.2 Å². The van der Waals surface area contributed by atoms with E-state index in [1.165, 1.54) is 0 Å². The maximum absolute atomic E-state index is 14.0. The van der Waals surface area contributed by atoms with Crippen molar-refractivity contribution in [2.75, 3.05) is 12.9 Å². The van der Waals surface area contributed by atoms with Crippen LogP contribution in [-0.4, -0.2) is 33.4 Å². The lowest BCUT2D eigenvalue weighted by Crippen LogP contribution is -2.48. The van der Waals surface area contributed by atoms with Crippen molar-refractivity contribution < 1.29 is 35.5 Å². The standard InChI is InChI=1S/C14H14ClF4NO4S/c1-25(22,23)20-12(21)8-5-9(15)11(6-10(8)16)24-7-13(3-2-4-13)14(17,18)19/h5-6H,2-4,7H2,1H3,(H,20,21). The number of nitrogens with one attached hydrogen (secondary N) is 1. The predicted molar refractivity (Wildman–Crippen MR) is 81.6 cm³/mol. The minimum Gasteiger partial charge on any atom is -0.491 e. The quantitative estimate of drug-likeness (QED) is 0.766. The minimum absolute atomic E-state index is 0.0918. The zero-order valence-electron chi connectivity index (χ0n) is 12.9. The average Bonchev–Trinajstić information content (AvgIpc) is 2.37. The van der Waals surface area contributed by atoms with Crippen molar-refractivity contribution >= 4 is 27.5 Å². The van der Waals surface area contributed by atoms with Gasteiger partial charge >= 0.3 is 6.18 Å². The predicted octanol–water partition coefficient (Wildman–Crippen LogP) is 3.28. The number of hydrogen-bond donors (Lipinski definition) is 1. The molecule has 0 unspecified atom stereocenters. The molecular weight excluding hydrogens is 390 g/mol. The Bertz CT molecular complexity index is 791. The van der Waals surface area contributed by atoms with Crippen LogP contribution in [0.15, 0.2) is 12.1 Å². The van der Waals surface area contributed by atoms with Crippen molar-refractivity contribution in [2.24, 2.45) is 5.41 Å². The van der Waals surface area contributed by atoms with Crippen LogP contribution < -0.4 is 9.46 Å². The molecule has 0 bridgehead atoms. The number of alkyl halides is 3. The molecule has 0 aliphatic heterocycles. The number of hydrogen-bond acceptors (Lipinski definition) is 4. The lowest BCUT2D eigenvalue weighted by atomic mass is 9.69. The first kappa shape index (κ1) is 19.8. The molecule has 2 rings (SSSR count). The van der Waals surface area contributed by atoms with Crippen LogP contribution in [0.25, 0.3) is 0 Å². The molecule has 1 aliphatic carbocycles. The van der Waals surface area contributed by atoms with E-state index in [9.17, 15) is 30.8 Å². The van der Waals surface area contributed by atoms with Crippen LogP contribution in [-0.2, 0) is 10.0 Å². The van der Waals surface area contributed by atoms with Gasteiger partial charge in [0.2, 0.25) is 10.0 Å². The summed E-state index contributed by atoms with van der Waals surface area (Å²) in [6, 6.07) is 1.45. The second-order valence-electron chi connectivity index (χ2n) is 5.89. The highest BCUT2D eigenvalue weighted by atomic mass is 35.5. The first-order chi connectivity index (χ1) is 11.3. The molecule has 1 N–H and O–H groups in total. The summed E-state index contributed by atoms with van der Waals surface area (Å²) >= 11 is 5.82. The molecule has 25 heavy (non-hydrogen) atoms. The largest absolute Gasteiger partial charge is 0.491 e. The summed E-state index contributed by atoms with van der Waals surface area (Å²) in [6.45, 7) is -0.718. The second-order valence-corrected chi connectivity index (χ2v) is 8.04. The van der Waals surface area contributed by atoms with Gasteiger partial charge in [0, 0.05) is 6.07 Å². The number of ether oxygens (including phenoxy) is 1. The molecule has 1 fully saturated rings. The van der Waals surface area contributed by atoms with Gasteiger partial charge in [0.1, 0.15) is 18.2 Å². The Kier molecular flexibility index (Phi) is 5.25. The highest BCUT2D eigenvalue weighted by Crippen LogP contribution is 2.53. The third-order valence-electron chi connectivity index (χ3n) is 3.96. The molecule has 0 heterocycles. The molecule has 0 atom stereocenters. The molecular formula is C14H14ClF4NO4S. The molecule has 140 valence electrons. The van der Waals surface area contributed by atoms with E-state index in [2.05, 4.69) is 0 Å². The third kappa shape index (κ3) is 4.35. The van der Waals surface area contributed by atoms with Gasteiger partial charge in [-0.15, -0.1) is 0 Å². The van der Waals surface area contributed by atoms with E-state index < -0.39 is 45.5 Å². The SMILES string of the molecule is CS(=O)(=O)NC(=O)c1cc(Cl)c(OCC2(C(F)(F)F)CCC2)cc1F. The normalized spacial score (nSPS) is 16.9. The number of benzene rings is 1. The molecule has 1 aromatic carbocycles. The fourth-order valence-electron chi connectivity index (χ4n) is 2.37. The number of carbonyl (C=O) groups excluding carboxylic acids is 1. The Morgan fingerprint density at radius 2 is 1.96 bits per heavy atom. The Labute approximate surface area is 146 Å². The van der Waals surface area contributed by atoms with E-state index in [1.807, 2.05) is 0 Å². The fourth-order valence-corrected chi connectivity index (χ4v) is 3.03. The molecule has 11 heteroatoms. The van der Waals surface area contributed by atoms with Crippen LogP contribution in [0.3, 0.4) is 0 Å². The minimum atomic E-state index is -4.45. The topological polar surface area (TPSA) is 72.5 Å². The summed E-state index contributed by atoms with van der Waals surface area (Å²) in [7, 11) is -3.92. The van der Waals surface area contributed by atoms with E-state index in [4.69, 9.17) is 16.3 Å². The van der Waals surface area contributed by atoms with Gasteiger partial charge in [0.05, 0.1) is 22.3 Å². The van der Waals surface area contributed by atoms with E-state index >= 15 is 0 Å². The first-order valence-electron chi connectivity index (χ1n) is 7.05. The number of rotatable bonds is 5. The molecule has 1 aliphatic rings. The average molecular weight is 404 g/mol. The van der Waals surface area contributed by atoms with Crippen molar-refractivity contribution in [3.8, 4) is 5.75 Å². The van der Waals surface area contributed by atoms with Crippen molar-refractivity contribution in [3.05, 3.63) is 28.5 Å². The van der Waals surface area contributed by atoms with Crippen molar-refractivity contribution in [1.82, 2.24) is 4.72 Å². The van der Waals surface area contributed by atoms with Gasteiger partial charge in [0.25, 0.3) is 5.91 Å². The van der Waals surface area contributed by atoms with Crippen LogP contribution in [0.1, 0.15) is 29.6 Å². The Morgan fingerprint density at radius 3 is 2.40 bits per heavy atom. The Hall–Kier alpha value is -1.55. The van der Waals surface area contributed by atoms with Crippen LogP contribution in [0.2, 0.25) is 5.02 Å². The number of sulfonamides is 1. The zero-order valence-corrected chi connectivity index (χ0v) is 14.5. The summed E-state index contributed by atoms with van der Waals surface area (Å²) in [6.07, 6.45) is -3.52. The number of amides is 1. The molecule has 5 nitrogen and oxygen atoms in total. The number of halogens is 5. The maximum atomic E-state index is 14.0. The summed E-state index contributed by atoms with van der Waals surface area (Å²) in [5.41, 5.74) is -2.66. The lowest BCUT2D eigenvalue weighted by Gasteiger charge is -2.42. The van der Waals surface area contributed by atoms with E-state index in [-0.39, 0.29) is 23.6 Å². The zero-order chi connectivity index (χ0) is 19.0. The van der Waals surface area contributed by atoms with Gasteiger partial charge < -0.3 is 4.74 Å². The Balaban J connectivity index is 2.19. The van der Waals surface area contributed by atoms with Crippen molar-refractivity contribution in [1.29, 1.82) is 0 Å². The highest BCUT2D eigenvalue weighted by molar-refractivity contribution is 7.89. The highest BCUT2D eigenvalue weighted by Gasteiger charge is 2.58.